The summed E-state index contributed by atoms with van der Waals surface area (Å²) in [6.07, 6.45) is 0. The molecule has 0 aliphatic heterocycles. The first-order valence-electron chi connectivity index (χ1n) is 20.7. The molecule has 1 aliphatic rings. The second-order valence-corrected chi connectivity index (χ2v) is 16.5. The standard InChI is InChI=1S/C57H39NO2/c1-57(2)51-15-6-3-10-45(51)46-32-31-43(35-52(46)57)58(42-29-24-39(25-30-42)44-13-9-14-49-47-11-4-8-17-54(47)60-56(44)49)41-27-22-37(23-28-41)36-18-20-38(21-19-36)40-26-33-55-50(34-40)48-12-5-7-16-53(48)59-55/h3-35H,1-2H3. The van der Waals surface area contributed by atoms with Crippen LogP contribution in [0, 0.1) is 0 Å². The van der Waals surface area contributed by atoms with Gasteiger partial charge in [0.05, 0.1) is 0 Å². The third-order valence-corrected chi connectivity index (χ3v) is 12.7. The molecule has 2 aromatic heterocycles. The highest BCUT2D eigenvalue weighted by atomic mass is 16.3. The van der Waals surface area contributed by atoms with E-state index in [2.05, 4.69) is 195 Å². The fraction of sp³-hybridized carbons (Fsp3) is 0.0526. The number of anilines is 3. The summed E-state index contributed by atoms with van der Waals surface area (Å²) in [6, 6.07) is 72.0. The van der Waals surface area contributed by atoms with Gasteiger partial charge in [0, 0.05) is 49.6 Å². The number of benzene rings is 9. The number of fused-ring (bicyclic) bond motifs is 9. The summed E-state index contributed by atoms with van der Waals surface area (Å²) in [6.45, 7) is 4.69. The fourth-order valence-electron chi connectivity index (χ4n) is 9.61. The van der Waals surface area contributed by atoms with Gasteiger partial charge in [0.2, 0.25) is 0 Å². The Morgan fingerprint density at radius 2 is 0.833 bits per heavy atom. The van der Waals surface area contributed by atoms with E-state index >= 15 is 0 Å². The molecule has 0 bridgehead atoms. The number of rotatable bonds is 6. The summed E-state index contributed by atoms with van der Waals surface area (Å²) in [4.78, 5) is 2.38. The van der Waals surface area contributed by atoms with Gasteiger partial charge in [-0.1, -0.05) is 153 Å². The van der Waals surface area contributed by atoms with E-state index in [-0.39, 0.29) is 5.41 Å². The Morgan fingerprint density at radius 3 is 1.57 bits per heavy atom. The van der Waals surface area contributed by atoms with Gasteiger partial charge in [-0.15, -0.1) is 0 Å². The van der Waals surface area contributed by atoms with E-state index in [0.29, 0.717) is 0 Å². The van der Waals surface area contributed by atoms with Gasteiger partial charge in [-0.2, -0.15) is 0 Å². The van der Waals surface area contributed by atoms with Crippen LogP contribution in [0.15, 0.2) is 209 Å². The molecular weight excluding hydrogens is 731 g/mol. The molecule has 0 saturated heterocycles. The minimum atomic E-state index is -0.114. The van der Waals surface area contributed by atoms with Crippen LogP contribution in [0.25, 0.3) is 88.4 Å². The van der Waals surface area contributed by atoms with Crippen molar-refractivity contribution in [1.82, 2.24) is 0 Å². The molecule has 1 aliphatic carbocycles. The minimum absolute atomic E-state index is 0.114. The zero-order valence-electron chi connectivity index (χ0n) is 33.3. The molecule has 2 heterocycles. The zero-order chi connectivity index (χ0) is 40.0. The van der Waals surface area contributed by atoms with Crippen molar-refractivity contribution in [2.24, 2.45) is 0 Å². The first-order chi connectivity index (χ1) is 29.5. The number of nitrogens with zero attached hydrogens (tertiary/aromatic N) is 1. The van der Waals surface area contributed by atoms with E-state index in [9.17, 15) is 0 Å². The molecule has 12 rings (SSSR count). The largest absolute Gasteiger partial charge is 0.456 e. The maximum Gasteiger partial charge on any atom is 0.143 e. The molecule has 0 N–H and O–H groups in total. The molecule has 11 aromatic rings. The Labute approximate surface area is 348 Å². The third kappa shape index (κ3) is 5.36. The Hall–Kier alpha value is -7.62. The van der Waals surface area contributed by atoms with Crippen LogP contribution < -0.4 is 4.90 Å². The lowest BCUT2D eigenvalue weighted by atomic mass is 9.82. The molecule has 3 nitrogen and oxygen atoms in total. The molecule has 0 spiro atoms. The maximum absolute atomic E-state index is 6.43. The average molecular weight is 770 g/mol. The van der Waals surface area contributed by atoms with Crippen molar-refractivity contribution in [3.63, 3.8) is 0 Å². The molecule has 0 fully saturated rings. The van der Waals surface area contributed by atoms with Crippen molar-refractivity contribution in [2.45, 2.75) is 19.3 Å². The Bertz CT molecular complexity index is 3440. The van der Waals surface area contributed by atoms with Gasteiger partial charge in [-0.05, 0) is 111 Å². The molecule has 284 valence electrons. The monoisotopic (exact) mass is 769 g/mol. The van der Waals surface area contributed by atoms with Crippen molar-refractivity contribution in [3.05, 3.63) is 211 Å². The van der Waals surface area contributed by atoms with Gasteiger partial charge in [-0.3, -0.25) is 0 Å². The minimum Gasteiger partial charge on any atom is -0.456 e. The van der Waals surface area contributed by atoms with Gasteiger partial charge in [0.1, 0.15) is 22.3 Å². The smallest absolute Gasteiger partial charge is 0.143 e. The summed E-state index contributed by atoms with van der Waals surface area (Å²) in [7, 11) is 0. The second kappa shape index (κ2) is 13.2. The third-order valence-electron chi connectivity index (χ3n) is 12.7. The van der Waals surface area contributed by atoms with E-state index in [0.717, 1.165) is 72.1 Å². The molecular formula is C57H39NO2. The lowest BCUT2D eigenvalue weighted by molar-refractivity contribution is 0.660. The highest BCUT2D eigenvalue weighted by Crippen LogP contribution is 2.51. The molecule has 0 saturated carbocycles. The number of para-hydroxylation sites is 3. The maximum atomic E-state index is 6.43. The van der Waals surface area contributed by atoms with E-state index in [4.69, 9.17) is 8.83 Å². The van der Waals surface area contributed by atoms with Crippen molar-refractivity contribution in [3.8, 4) is 44.5 Å². The van der Waals surface area contributed by atoms with Crippen LogP contribution in [0.3, 0.4) is 0 Å². The fourth-order valence-corrected chi connectivity index (χ4v) is 9.61. The summed E-state index contributed by atoms with van der Waals surface area (Å²) in [5, 5.41) is 4.56. The lowest BCUT2D eigenvalue weighted by Gasteiger charge is -2.28. The summed E-state index contributed by atoms with van der Waals surface area (Å²) < 4.78 is 12.5. The topological polar surface area (TPSA) is 29.5 Å². The Balaban J connectivity index is 0.910. The zero-order valence-corrected chi connectivity index (χ0v) is 33.3. The Morgan fingerprint density at radius 1 is 0.333 bits per heavy atom. The highest BCUT2D eigenvalue weighted by molar-refractivity contribution is 6.10. The predicted molar refractivity (Wildman–Crippen MR) is 250 cm³/mol. The normalized spacial score (nSPS) is 13.0. The van der Waals surface area contributed by atoms with Gasteiger partial charge in [-0.25, -0.2) is 0 Å². The second-order valence-electron chi connectivity index (χ2n) is 16.5. The first-order valence-corrected chi connectivity index (χ1v) is 20.7. The van der Waals surface area contributed by atoms with Crippen LogP contribution in [0.4, 0.5) is 17.1 Å². The highest BCUT2D eigenvalue weighted by Gasteiger charge is 2.35. The van der Waals surface area contributed by atoms with Crippen LogP contribution in [-0.2, 0) is 5.41 Å². The SMILES string of the molecule is CC1(C)c2ccccc2-c2ccc(N(c3ccc(-c4ccc(-c5ccc6oc7ccccc7c6c5)cc4)cc3)c3ccc(-c4cccc5c4oc4ccccc45)cc3)cc21. The van der Waals surface area contributed by atoms with E-state index in [1.165, 1.54) is 44.5 Å². The quantitative estimate of drug-likeness (QED) is 0.169. The number of furan rings is 2. The van der Waals surface area contributed by atoms with Crippen LogP contribution in [0.2, 0.25) is 0 Å². The van der Waals surface area contributed by atoms with Crippen molar-refractivity contribution in [1.29, 1.82) is 0 Å². The molecule has 0 amide bonds. The average Bonchev–Trinajstić information content (AvgIpc) is 3.94. The van der Waals surface area contributed by atoms with Crippen molar-refractivity contribution >= 4 is 60.9 Å². The molecule has 0 unspecified atom stereocenters. The van der Waals surface area contributed by atoms with Crippen LogP contribution in [0.5, 0.6) is 0 Å². The first kappa shape index (κ1) is 34.4. The molecule has 9 aromatic carbocycles. The van der Waals surface area contributed by atoms with Crippen LogP contribution in [0.1, 0.15) is 25.0 Å². The van der Waals surface area contributed by atoms with Crippen molar-refractivity contribution < 1.29 is 8.83 Å². The van der Waals surface area contributed by atoms with Gasteiger partial charge < -0.3 is 13.7 Å². The van der Waals surface area contributed by atoms with E-state index in [1.54, 1.807) is 0 Å². The summed E-state index contributed by atoms with van der Waals surface area (Å²) >= 11 is 0. The van der Waals surface area contributed by atoms with Gasteiger partial charge >= 0.3 is 0 Å². The van der Waals surface area contributed by atoms with Crippen LogP contribution >= 0.6 is 0 Å². The van der Waals surface area contributed by atoms with Gasteiger partial charge in [0.25, 0.3) is 0 Å². The molecule has 0 radical (unpaired) electrons. The van der Waals surface area contributed by atoms with Gasteiger partial charge in [0.15, 0.2) is 0 Å². The Kier molecular flexibility index (Phi) is 7.58. The van der Waals surface area contributed by atoms with E-state index in [1.807, 2.05) is 24.3 Å². The summed E-state index contributed by atoms with van der Waals surface area (Å²) in [5.74, 6) is 0. The number of hydrogen-bond donors (Lipinski definition) is 0. The molecule has 60 heavy (non-hydrogen) atoms. The molecule has 0 atom stereocenters. The molecule has 3 heteroatoms. The summed E-state index contributed by atoms with van der Waals surface area (Å²) in [5.41, 5.74) is 19.1. The van der Waals surface area contributed by atoms with Crippen molar-refractivity contribution in [2.75, 3.05) is 4.90 Å². The predicted octanol–water partition coefficient (Wildman–Crippen LogP) is 16.3. The van der Waals surface area contributed by atoms with E-state index < -0.39 is 0 Å². The van der Waals surface area contributed by atoms with Crippen LogP contribution in [-0.4, -0.2) is 0 Å². The lowest BCUT2D eigenvalue weighted by Crippen LogP contribution is -2.16. The number of hydrogen-bond acceptors (Lipinski definition) is 3.